The van der Waals surface area contributed by atoms with Crippen molar-refractivity contribution < 1.29 is 5.48 Å². The molecule has 28 valence electrons. The molecule has 1 nitrogen and oxygen atoms in total. The van der Waals surface area contributed by atoms with E-state index in [0.29, 0.717) is 0 Å². The second-order valence-electron chi connectivity index (χ2n) is 0. The fourth-order valence-electron chi connectivity index (χ4n) is 0. The van der Waals surface area contributed by atoms with E-state index in [-0.39, 0.29) is 31.3 Å². The normalized spacial score (nSPS) is 1.50. The van der Waals surface area contributed by atoms with E-state index in [0.717, 1.165) is 0 Å². The third-order valence-electron chi connectivity index (χ3n) is 0. The number of hydrogen-bond donors (Lipinski definition) is 2. The van der Waals surface area contributed by atoms with Crippen molar-refractivity contribution in [3.05, 3.63) is 0 Å². The Labute approximate surface area is 54.5 Å². The van der Waals surface area contributed by atoms with Crippen LogP contribution in [0.5, 0.6) is 0 Å². The van der Waals surface area contributed by atoms with Crippen LogP contribution in [0.2, 0.25) is 0 Å². The summed E-state index contributed by atoms with van der Waals surface area (Å²) in [7, 11) is 0. The van der Waals surface area contributed by atoms with E-state index in [1.54, 1.807) is 0 Å². The van der Waals surface area contributed by atoms with E-state index < -0.39 is 0 Å². The van der Waals surface area contributed by atoms with Crippen molar-refractivity contribution in [3.8, 4) is 0 Å². The maximum absolute atomic E-state index is 3.22. The molecule has 0 aliphatic heterocycles. The Morgan fingerprint density at radius 1 is 1.00 bits per heavy atom. The van der Waals surface area contributed by atoms with Gasteiger partial charge >= 0.3 is 25.8 Å². The fourth-order valence-corrected chi connectivity index (χ4v) is 0. The summed E-state index contributed by atoms with van der Waals surface area (Å²) in [6.07, 6.45) is 0. The summed E-state index contributed by atoms with van der Waals surface area (Å²) in [5.74, 6) is 0. The van der Waals surface area contributed by atoms with Gasteiger partial charge in [-0.2, -0.15) is 0 Å². The first kappa shape index (κ1) is 17.7. The molecule has 0 spiro atoms. The molecular weight excluding hydrogens is 195 g/mol. The number of thiol groups is 2. The Kier molecular flexibility index (Phi) is 107. The topological polar surface area (TPSA) is 31.5 Å². The van der Waals surface area contributed by atoms with Gasteiger partial charge < -0.3 is 5.48 Å². The second kappa shape index (κ2) is 24.1. The summed E-state index contributed by atoms with van der Waals surface area (Å²) in [5.41, 5.74) is 0. The Bertz CT molecular complexity index is 6.00. The van der Waals surface area contributed by atoms with Gasteiger partial charge in [-0.3, -0.25) is 0 Å². The van der Waals surface area contributed by atoms with Crippen molar-refractivity contribution in [2.24, 2.45) is 0 Å². The van der Waals surface area contributed by atoms with Crippen molar-refractivity contribution in [1.82, 2.24) is 0 Å². The summed E-state index contributed by atoms with van der Waals surface area (Å²) in [6, 6.07) is 0. The molecule has 0 radical (unpaired) electrons. The fraction of sp³-hybridized carbons (Fsp3) is 0. The zero-order chi connectivity index (χ0) is 2.00. The van der Waals surface area contributed by atoms with Crippen LogP contribution in [-0.4, -0.2) is 31.3 Å². The van der Waals surface area contributed by atoms with Crippen molar-refractivity contribution >= 4 is 49.2 Å². The predicted molar refractivity (Wildman–Crippen MR) is 31.5 cm³/mol. The van der Waals surface area contributed by atoms with E-state index in [9.17, 15) is 0 Å². The Morgan fingerprint density at radius 3 is 1.00 bits per heavy atom. The minimum absolute atomic E-state index is 0. The van der Waals surface area contributed by atoms with Crippen LogP contribution in [-0.2, 0) is 0 Å². The van der Waals surface area contributed by atoms with Crippen LogP contribution in [0.4, 0.5) is 0 Å². The van der Waals surface area contributed by atoms with Gasteiger partial charge in [0.15, 0.2) is 0 Å². The summed E-state index contributed by atoms with van der Waals surface area (Å²) in [6.45, 7) is 0. The SMILES string of the molecule is O.SS.[InH3]. The van der Waals surface area contributed by atoms with Gasteiger partial charge in [0, 0.05) is 0 Å². The zero-order valence-electron chi connectivity index (χ0n) is 1.39. The molecule has 0 aliphatic rings. The van der Waals surface area contributed by atoms with Gasteiger partial charge in [0.2, 0.25) is 0 Å². The molecule has 0 unspecified atom stereocenters. The molecular formula is H7InOS2. The molecule has 0 saturated carbocycles. The van der Waals surface area contributed by atoms with E-state index in [2.05, 4.69) is 23.3 Å². The molecule has 2 N–H and O–H groups in total. The standard InChI is InChI=1S/In.H2O.H2S2.3H/c;;1-2;;;/h;1H2;1-2H;;;. The summed E-state index contributed by atoms with van der Waals surface area (Å²) in [4.78, 5) is 0. The quantitative estimate of drug-likeness (QED) is 0.363. The van der Waals surface area contributed by atoms with E-state index in [4.69, 9.17) is 0 Å². The van der Waals surface area contributed by atoms with Crippen LogP contribution in [0.1, 0.15) is 0 Å². The summed E-state index contributed by atoms with van der Waals surface area (Å²) < 4.78 is 0. The van der Waals surface area contributed by atoms with Gasteiger partial charge in [-0.05, 0) is 0 Å². The first-order chi connectivity index (χ1) is 1.00. The minimum atomic E-state index is 0. The molecule has 0 aromatic carbocycles. The molecule has 0 aromatic rings. The van der Waals surface area contributed by atoms with Crippen LogP contribution < -0.4 is 0 Å². The average Bonchev–Trinajstić information content (AvgIpc) is 1.00. The zero-order valence-corrected chi connectivity index (χ0v) is 3.18. The van der Waals surface area contributed by atoms with Gasteiger partial charge in [0.05, 0.1) is 0 Å². The van der Waals surface area contributed by atoms with Crippen molar-refractivity contribution in [3.63, 3.8) is 0 Å². The van der Waals surface area contributed by atoms with E-state index >= 15 is 0 Å². The maximum atomic E-state index is 3.22. The van der Waals surface area contributed by atoms with Gasteiger partial charge in [-0.1, -0.05) is 0 Å². The molecule has 0 heterocycles. The van der Waals surface area contributed by atoms with Crippen LogP contribution in [0.25, 0.3) is 0 Å². The first-order valence-corrected chi connectivity index (χ1v) is 1.80. The van der Waals surface area contributed by atoms with Gasteiger partial charge in [-0.15, -0.1) is 23.3 Å². The molecule has 0 bridgehead atoms. The molecule has 4 heavy (non-hydrogen) atoms. The molecule has 0 aliphatic carbocycles. The van der Waals surface area contributed by atoms with Crippen LogP contribution in [0.15, 0.2) is 0 Å². The Balaban J connectivity index is -0.00000000500. The van der Waals surface area contributed by atoms with Crippen LogP contribution >= 0.6 is 23.3 Å². The van der Waals surface area contributed by atoms with Crippen molar-refractivity contribution in [2.75, 3.05) is 0 Å². The molecule has 0 saturated heterocycles. The van der Waals surface area contributed by atoms with Crippen LogP contribution in [0, 0.1) is 0 Å². The van der Waals surface area contributed by atoms with Gasteiger partial charge in [-0.25, -0.2) is 0 Å². The molecule has 0 aromatic heterocycles. The van der Waals surface area contributed by atoms with E-state index in [1.165, 1.54) is 0 Å². The third-order valence-corrected chi connectivity index (χ3v) is 0. The molecule has 0 amide bonds. The monoisotopic (exact) mass is 202 g/mol. The van der Waals surface area contributed by atoms with Crippen molar-refractivity contribution in [1.29, 1.82) is 0 Å². The Morgan fingerprint density at radius 2 is 1.00 bits per heavy atom. The molecule has 0 rings (SSSR count). The summed E-state index contributed by atoms with van der Waals surface area (Å²) >= 11 is 6.44. The van der Waals surface area contributed by atoms with E-state index in [1.807, 2.05) is 0 Å². The molecule has 4 heteroatoms. The third kappa shape index (κ3) is 9.65. The summed E-state index contributed by atoms with van der Waals surface area (Å²) in [5, 5.41) is 0. The number of rotatable bonds is 0. The number of hydrogen-bond acceptors (Lipinski definition) is 2. The Hall–Kier alpha value is 1.53. The van der Waals surface area contributed by atoms with Gasteiger partial charge in [0.1, 0.15) is 0 Å². The average molecular weight is 202 g/mol. The van der Waals surface area contributed by atoms with Crippen molar-refractivity contribution in [2.45, 2.75) is 0 Å². The molecule has 0 atom stereocenters. The molecule has 0 fully saturated rings. The first-order valence-electron chi connectivity index (χ1n) is 0.200. The predicted octanol–water partition coefficient (Wildman–Crippen LogP) is -1.25. The van der Waals surface area contributed by atoms with Crippen LogP contribution in [0.3, 0.4) is 0 Å². The second-order valence-corrected chi connectivity index (χ2v) is 0. The van der Waals surface area contributed by atoms with Gasteiger partial charge in [0.25, 0.3) is 0 Å².